The zero-order valence-electron chi connectivity index (χ0n) is 17.6. The van der Waals surface area contributed by atoms with Crippen LogP contribution in [0, 0.1) is 13.8 Å². The Hall–Kier alpha value is -2.87. The van der Waals surface area contributed by atoms with E-state index in [2.05, 4.69) is 33.0 Å². The number of nitrogens with one attached hydrogen (secondary N) is 3. The second-order valence-corrected chi connectivity index (χ2v) is 7.24. The summed E-state index contributed by atoms with van der Waals surface area (Å²) in [7, 11) is 3.69. The minimum Gasteiger partial charge on any atom is -0.368 e. The Morgan fingerprint density at radius 1 is 1.31 bits per heavy atom. The Morgan fingerprint density at radius 2 is 2.10 bits per heavy atom. The van der Waals surface area contributed by atoms with Crippen LogP contribution in [0.15, 0.2) is 29.3 Å². The second kappa shape index (κ2) is 9.56. The van der Waals surface area contributed by atoms with Crippen LogP contribution < -0.4 is 16.0 Å². The van der Waals surface area contributed by atoms with Gasteiger partial charge in [0.1, 0.15) is 6.10 Å². The third kappa shape index (κ3) is 5.35. The third-order valence-corrected chi connectivity index (χ3v) is 5.19. The van der Waals surface area contributed by atoms with Crippen molar-refractivity contribution in [2.45, 2.75) is 45.9 Å². The van der Waals surface area contributed by atoms with Crippen molar-refractivity contribution in [1.82, 2.24) is 20.4 Å². The van der Waals surface area contributed by atoms with Crippen LogP contribution in [0.4, 0.5) is 5.69 Å². The van der Waals surface area contributed by atoms with Crippen LogP contribution in [0.1, 0.15) is 35.4 Å². The molecule has 2 aromatic rings. The second-order valence-electron chi connectivity index (χ2n) is 7.24. The predicted octanol–water partition coefficient (Wildman–Crippen LogP) is 2.02. The van der Waals surface area contributed by atoms with Crippen molar-refractivity contribution >= 4 is 17.6 Å². The molecule has 1 amide bonds. The fraction of sp³-hybridized carbons (Fsp3) is 0.476. The molecule has 8 heteroatoms. The first-order chi connectivity index (χ1) is 14.0. The lowest BCUT2D eigenvalue weighted by molar-refractivity contribution is -0.124. The summed E-state index contributed by atoms with van der Waals surface area (Å²) in [5.41, 5.74) is 5.15. The molecule has 1 fully saturated rings. The number of rotatable bonds is 6. The van der Waals surface area contributed by atoms with Crippen molar-refractivity contribution in [3.8, 4) is 0 Å². The van der Waals surface area contributed by atoms with E-state index in [1.165, 1.54) is 5.56 Å². The fourth-order valence-electron chi connectivity index (χ4n) is 3.42. The third-order valence-electron chi connectivity index (χ3n) is 5.19. The normalized spacial score (nSPS) is 16.7. The van der Waals surface area contributed by atoms with Crippen LogP contribution >= 0.6 is 0 Å². The summed E-state index contributed by atoms with van der Waals surface area (Å²) in [6, 6.07) is 7.79. The van der Waals surface area contributed by atoms with Crippen molar-refractivity contribution in [3.63, 3.8) is 0 Å². The SMILES string of the molecule is CN=C(NCc1cccc(NC(=O)C2CCCO2)c1)NCc1c(C)nn(C)c1C. The van der Waals surface area contributed by atoms with Gasteiger partial charge in [-0.2, -0.15) is 5.10 Å². The summed E-state index contributed by atoms with van der Waals surface area (Å²) in [5.74, 6) is 0.633. The van der Waals surface area contributed by atoms with Gasteiger partial charge in [-0.15, -0.1) is 0 Å². The van der Waals surface area contributed by atoms with Gasteiger partial charge in [-0.3, -0.25) is 14.5 Å². The van der Waals surface area contributed by atoms with Crippen LogP contribution in [0.2, 0.25) is 0 Å². The lowest BCUT2D eigenvalue weighted by Crippen LogP contribution is -2.36. The highest BCUT2D eigenvalue weighted by atomic mass is 16.5. The molecule has 0 radical (unpaired) electrons. The number of hydrogen-bond acceptors (Lipinski definition) is 4. The van der Waals surface area contributed by atoms with E-state index < -0.39 is 0 Å². The van der Waals surface area contributed by atoms with E-state index in [9.17, 15) is 4.79 Å². The number of carbonyl (C=O) groups is 1. The maximum Gasteiger partial charge on any atom is 0.253 e. The summed E-state index contributed by atoms with van der Waals surface area (Å²) in [6.07, 6.45) is 1.39. The van der Waals surface area contributed by atoms with Gasteiger partial charge in [0.2, 0.25) is 0 Å². The molecule has 2 heterocycles. The van der Waals surface area contributed by atoms with Crippen LogP contribution in [0.5, 0.6) is 0 Å². The zero-order valence-corrected chi connectivity index (χ0v) is 17.6. The number of aliphatic imine (C=N–C) groups is 1. The Bertz CT molecular complexity index is 883. The average Bonchev–Trinajstić information content (AvgIpc) is 3.32. The minimum absolute atomic E-state index is 0.0766. The molecule has 1 unspecified atom stereocenters. The number of benzene rings is 1. The van der Waals surface area contributed by atoms with Gasteiger partial charge in [0.05, 0.1) is 5.69 Å². The van der Waals surface area contributed by atoms with E-state index in [0.29, 0.717) is 25.7 Å². The first-order valence-corrected chi connectivity index (χ1v) is 9.93. The van der Waals surface area contributed by atoms with Gasteiger partial charge in [-0.05, 0) is 44.4 Å². The molecule has 0 aliphatic carbocycles. The number of aromatic nitrogens is 2. The Labute approximate surface area is 171 Å². The molecule has 1 aromatic heterocycles. The molecular weight excluding hydrogens is 368 g/mol. The van der Waals surface area contributed by atoms with Gasteiger partial charge in [-0.25, -0.2) is 0 Å². The van der Waals surface area contributed by atoms with Crippen LogP contribution in [0.25, 0.3) is 0 Å². The Balaban J connectivity index is 1.53. The van der Waals surface area contributed by atoms with E-state index in [4.69, 9.17) is 4.74 Å². The highest BCUT2D eigenvalue weighted by molar-refractivity contribution is 5.94. The minimum atomic E-state index is -0.334. The predicted molar refractivity (Wildman–Crippen MR) is 114 cm³/mol. The molecule has 29 heavy (non-hydrogen) atoms. The molecule has 0 saturated carbocycles. The summed E-state index contributed by atoms with van der Waals surface area (Å²) >= 11 is 0. The van der Waals surface area contributed by atoms with Crippen molar-refractivity contribution < 1.29 is 9.53 Å². The molecule has 1 aromatic carbocycles. The average molecular weight is 399 g/mol. The Morgan fingerprint density at radius 3 is 2.76 bits per heavy atom. The molecule has 0 spiro atoms. The maximum atomic E-state index is 12.2. The van der Waals surface area contributed by atoms with Crippen LogP contribution in [-0.2, 0) is 29.7 Å². The zero-order chi connectivity index (χ0) is 20.8. The smallest absolute Gasteiger partial charge is 0.253 e. The highest BCUT2D eigenvalue weighted by Crippen LogP contribution is 2.16. The molecule has 1 aliphatic rings. The number of ether oxygens (including phenoxy) is 1. The van der Waals surface area contributed by atoms with E-state index >= 15 is 0 Å². The Kier molecular flexibility index (Phi) is 6.87. The monoisotopic (exact) mass is 398 g/mol. The van der Waals surface area contributed by atoms with Gasteiger partial charge < -0.3 is 20.7 Å². The van der Waals surface area contributed by atoms with E-state index in [0.717, 1.165) is 35.5 Å². The first kappa shape index (κ1) is 20.9. The van der Waals surface area contributed by atoms with Crippen molar-refractivity contribution in [1.29, 1.82) is 0 Å². The summed E-state index contributed by atoms with van der Waals surface area (Å²) in [5, 5.41) is 14.0. The van der Waals surface area contributed by atoms with Gasteiger partial charge in [-0.1, -0.05) is 12.1 Å². The van der Waals surface area contributed by atoms with Crippen molar-refractivity contribution in [2.75, 3.05) is 19.0 Å². The topological polar surface area (TPSA) is 92.6 Å². The number of carbonyl (C=O) groups excluding carboxylic acids is 1. The number of guanidine groups is 1. The molecule has 1 aliphatic heterocycles. The standard InChI is InChI=1S/C21H30N6O2/c1-14-18(15(2)27(4)26-14)13-24-21(22-3)23-12-16-7-5-8-17(11-16)25-20(28)19-9-6-10-29-19/h5,7-8,11,19H,6,9-10,12-13H2,1-4H3,(H,25,28)(H2,22,23,24). The van der Waals surface area contributed by atoms with E-state index in [-0.39, 0.29) is 12.0 Å². The molecule has 8 nitrogen and oxygen atoms in total. The highest BCUT2D eigenvalue weighted by Gasteiger charge is 2.23. The van der Waals surface area contributed by atoms with Gasteiger partial charge in [0, 0.05) is 50.7 Å². The number of amides is 1. The molecular formula is C21H30N6O2. The molecule has 3 rings (SSSR count). The quantitative estimate of drug-likeness (QED) is 0.511. The molecule has 3 N–H and O–H groups in total. The van der Waals surface area contributed by atoms with Crippen molar-refractivity contribution in [3.05, 3.63) is 46.8 Å². The first-order valence-electron chi connectivity index (χ1n) is 9.93. The van der Waals surface area contributed by atoms with Crippen molar-refractivity contribution in [2.24, 2.45) is 12.0 Å². The number of anilines is 1. The number of nitrogens with zero attached hydrogens (tertiary/aromatic N) is 3. The van der Waals surface area contributed by atoms with Gasteiger partial charge in [0.15, 0.2) is 5.96 Å². The summed E-state index contributed by atoms with van der Waals surface area (Å²) in [6.45, 7) is 5.98. The largest absolute Gasteiger partial charge is 0.368 e. The van der Waals surface area contributed by atoms with Crippen LogP contribution in [-0.4, -0.2) is 41.4 Å². The van der Waals surface area contributed by atoms with E-state index in [1.807, 2.05) is 42.9 Å². The van der Waals surface area contributed by atoms with Crippen LogP contribution in [0.3, 0.4) is 0 Å². The van der Waals surface area contributed by atoms with Gasteiger partial charge in [0.25, 0.3) is 5.91 Å². The lowest BCUT2D eigenvalue weighted by Gasteiger charge is -2.14. The fourth-order valence-corrected chi connectivity index (χ4v) is 3.42. The van der Waals surface area contributed by atoms with E-state index in [1.54, 1.807) is 7.05 Å². The molecule has 1 saturated heterocycles. The number of hydrogen-bond donors (Lipinski definition) is 3. The lowest BCUT2D eigenvalue weighted by atomic mass is 10.2. The number of aryl methyl sites for hydroxylation is 2. The summed E-state index contributed by atoms with van der Waals surface area (Å²) < 4.78 is 7.33. The summed E-state index contributed by atoms with van der Waals surface area (Å²) in [4.78, 5) is 16.5. The maximum absolute atomic E-state index is 12.2. The molecule has 1 atom stereocenters. The van der Waals surface area contributed by atoms with Gasteiger partial charge >= 0.3 is 0 Å². The molecule has 0 bridgehead atoms. The molecule has 156 valence electrons.